The summed E-state index contributed by atoms with van der Waals surface area (Å²) >= 11 is 3.15. The number of urea groups is 1. The molecule has 1 aliphatic rings. The highest BCUT2D eigenvalue weighted by atomic mass is 32.2. The number of thioether (sulfide) groups is 1. The lowest BCUT2D eigenvalue weighted by molar-refractivity contribution is 0.0949. The minimum Gasteiger partial charge on any atom is -0.323 e. The number of nitrogens with one attached hydrogen (secondary N) is 1. The van der Waals surface area contributed by atoms with Crippen molar-refractivity contribution in [3.05, 3.63) is 16.6 Å². The molecule has 3 amide bonds. The fourth-order valence-electron chi connectivity index (χ4n) is 1.33. The van der Waals surface area contributed by atoms with Crippen molar-refractivity contribution in [1.82, 2.24) is 15.2 Å². The second kappa shape index (κ2) is 5.31. The van der Waals surface area contributed by atoms with Crippen LogP contribution in [-0.2, 0) is 0 Å². The Morgan fingerprint density at radius 2 is 2.12 bits per heavy atom. The number of thiazole rings is 1. The molecule has 2 rings (SSSR count). The molecule has 1 fully saturated rings. The van der Waals surface area contributed by atoms with E-state index < -0.39 is 5.91 Å². The lowest BCUT2D eigenvalue weighted by atomic mass is 10.4. The van der Waals surface area contributed by atoms with E-state index in [4.69, 9.17) is 0 Å². The number of nitrogens with zero attached hydrogens (tertiary/aromatic N) is 2. The second-order valence-corrected chi connectivity index (χ2v) is 5.18. The van der Waals surface area contributed by atoms with Gasteiger partial charge in [0.25, 0.3) is 5.91 Å². The zero-order chi connectivity index (χ0) is 11.4. The standard InChI is InChI=1S/C9H11N3O2S2/c13-8(7-5-16-6-10-7)11-9(14)12-1-3-15-4-2-12/h5-6H,1-4H2,(H,11,13,14). The maximum atomic E-state index is 11.7. The lowest BCUT2D eigenvalue weighted by Gasteiger charge is -2.25. The van der Waals surface area contributed by atoms with Gasteiger partial charge in [0.2, 0.25) is 0 Å². The van der Waals surface area contributed by atoms with Crippen LogP contribution in [0.4, 0.5) is 4.79 Å². The Morgan fingerprint density at radius 1 is 1.38 bits per heavy atom. The van der Waals surface area contributed by atoms with Crippen LogP contribution in [0.25, 0.3) is 0 Å². The summed E-state index contributed by atoms with van der Waals surface area (Å²) in [5, 5.41) is 3.95. The van der Waals surface area contributed by atoms with E-state index in [1.54, 1.807) is 15.8 Å². The van der Waals surface area contributed by atoms with Gasteiger partial charge in [-0.15, -0.1) is 11.3 Å². The van der Waals surface area contributed by atoms with Gasteiger partial charge in [0, 0.05) is 30.0 Å². The molecule has 0 bridgehead atoms. The zero-order valence-electron chi connectivity index (χ0n) is 8.51. The summed E-state index contributed by atoms with van der Waals surface area (Å²) in [4.78, 5) is 28.7. The van der Waals surface area contributed by atoms with E-state index in [0.717, 1.165) is 11.5 Å². The van der Waals surface area contributed by atoms with Crippen LogP contribution >= 0.6 is 23.1 Å². The molecule has 0 spiro atoms. The van der Waals surface area contributed by atoms with Gasteiger partial charge < -0.3 is 4.90 Å². The molecule has 0 unspecified atom stereocenters. The molecule has 1 N–H and O–H groups in total. The first-order chi connectivity index (χ1) is 7.77. The SMILES string of the molecule is O=C(NC(=O)N1CCSCC1)c1cscn1. The summed E-state index contributed by atoms with van der Waals surface area (Å²) in [5.41, 5.74) is 1.86. The summed E-state index contributed by atoms with van der Waals surface area (Å²) in [6, 6.07) is -0.321. The van der Waals surface area contributed by atoms with Crippen LogP contribution in [0.5, 0.6) is 0 Å². The van der Waals surface area contributed by atoms with Gasteiger partial charge in [-0.05, 0) is 0 Å². The molecule has 16 heavy (non-hydrogen) atoms. The van der Waals surface area contributed by atoms with Gasteiger partial charge in [-0.1, -0.05) is 0 Å². The maximum Gasteiger partial charge on any atom is 0.324 e. The smallest absolute Gasteiger partial charge is 0.323 e. The van der Waals surface area contributed by atoms with Crippen molar-refractivity contribution in [3.8, 4) is 0 Å². The molecule has 1 aromatic heterocycles. The van der Waals surface area contributed by atoms with Crippen LogP contribution in [-0.4, -0.2) is 46.4 Å². The Labute approximate surface area is 101 Å². The molecule has 1 saturated heterocycles. The van der Waals surface area contributed by atoms with Crippen LogP contribution in [0.15, 0.2) is 10.9 Å². The molecule has 86 valence electrons. The van der Waals surface area contributed by atoms with Crippen molar-refractivity contribution < 1.29 is 9.59 Å². The third-order valence-corrected chi connectivity index (χ3v) is 3.71. The maximum absolute atomic E-state index is 11.7. The minimum atomic E-state index is -0.426. The van der Waals surface area contributed by atoms with Gasteiger partial charge in [0.05, 0.1) is 5.51 Å². The summed E-state index contributed by atoms with van der Waals surface area (Å²) in [6.45, 7) is 1.39. The van der Waals surface area contributed by atoms with Crippen molar-refractivity contribution in [2.24, 2.45) is 0 Å². The normalized spacial score (nSPS) is 15.9. The Kier molecular flexibility index (Phi) is 3.79. The first-order valence-electron chi connectivity index (χ1n) is 4.83. The molecule has 1 aromatic rings. The summed E-state index contributed by atoms with van der Waals surface area (Å²) in [5.74, 6) is 1.43. The summed E-state index contributed by atoms with van der Waals surface area (Å²) < 4.78 is 0. The minimum absolute atomic E-state index is 0.296. The largest absolute Gasteiger partial charge is 0.324 e. The Balaban J connectivity index is 1.89. The van der Waals surface area contributed by atoms with Crippen molar-refractivity contribution in [2.45, 2.75) is 0 Å². The van der Waals surface area contributed by atoms with E-state index in [2.05, 4.69) is 10.3 Å². The third kappa shape index (κ3) is 2.73. The van der Waals surface area contributed by atoms with Gasteiger partial charge in [-0.3, -0.25) is 10.1 Å². The average molecular weight is 257 g/mol. The first-order valence-corrected chi connectivity index (χ1v) is 6.93. The fraction of sp³-hybridized carbons (Fsp3) is 0.444. The summed E-state index contributed by atoms with van der Waals surface area (Å²) in [6.07, 6.45) is 0. The number of carbonyl (C=O) groups excluding carboxylic acids is 2. The number of hydrogen-bond donors (Lipinski definition) is 1. The van der Waals surface area contributed by atoms with E-state index in [-0.39, 0.29) is 6.03 Å². The molecule has 0 radical (unpaired) electrons. The van der Waals surface area contributed by atoms with Crippen LogP contribution in [0.2, 0.25) is 0 Å². The number of imide groups is 1. The molecular formula is C9H11N3O2S2. The number of hydrogen-bond acceptors (Lipinski definition) is 5. The Hall–Kier alpha value is -1.08. The quantitative estimate of drug-likeness (QED) is 0.816. The monoisotopic (exact) mass is 257 g/mol. The van der Waals surface area contributed by atoms with Gasteiger partial charge >= 0.3 is 6.03 Å². The van der Waals surface area contributed by atoms with Gasteiger partial charge in [-0.25, -0.2) is 9.78 Å². The molecule has 0 aliphatic carbocycles. The molecule has 0 aromatic carbocycles. The molecule has 1 aliphatic heterocycles. The molecule has 2 heterocycles. The first kappa shape index (κ1) is 11.4. The molecule has 0 saturated carbocycles. The van der Waals surface area contributed by atoms with Crippen molar-refractivity contribution in [2.75, 3.05) is 24.6 Å². The Bertz CT molecular complexity index is 374. The number of aromatic nitrogens is 1. The van der Waals surface area contributed by atoms with Crippen molar-refractivity contribution in [3.63, 3.8) is 0 Å². The van der Waals surface area contributed by atoms with E-state index in [1.807, 2.05) is 11.8 Å². The zero-order valence-corrected chi connectivity index (χ0v) is 10.1. The van der Waals surface area contributed by atoms with E-state index >= 15 is 0 Å². The number of amides is 3. The van der Waals surface area contributed by atoms with E-state index in [1.165, 1.54) is 11.3 Å². The van der Waals surface area contributed by atoms with Gasteiger partial charge in [0.15, 0.2) is 0 Å². The Morgan fingerprint density at radius 3 is 2.75 bits per heavy atom. The number of rotatable bonds is 1. The van der Waals surface area contributed by atoms with Crippen LogP contribution in [0.3, 0.4) is 0 Å². The van der Waals surface area contributed by atoms with Crippen LogP contribution in [0.1, 0.15) is 10.5 Å². The highest BCUT2D eigenvalue weighted by Gasteiger charge is 2.19. The highest BCUT2D eigenvalue weighted by Crippen LogP contribution is 2.09. The summed E-state index contributed by atoms with van der Waals surface area (Å²) in [7, 11) is 0. The lowest BCUT2D eigenvalue weighted by Crippen LogP contribution is -2.46. The molecule has 5 nitrogen and oxygen atoms in total. The third-order valence-electron chi connectivity index (χ3n) is 2.18. The predicted molar refractivity (Wildman–Crippen MR) is 63.9 cm³/mol. The average Bonchev–Trinajstić information content (AvgIpc) is 2.83. The predicted octanol–water partition coefficient (Wildman–Crippen LogP) is 1.04. The molecular weight excluding hydrogens is 246 g/mol. The highest BCUT2D eigenvalue weighted by molar-refractivity contribution is 7.99. The topological polar surface area (TPSA) is 62.3 Å². The van der Waals surface area contributed by atoms with Crippen molar-refractivity contribution >= 4 is 35.0 Å². The number of carbonyl (C=O) groups is 2. The van der Waals surface area contributed by atoms with E-state index in [0.29, 0.717) is 18.8 Å². The van der Waals surface area contributed by atoms with Crippen LogP contribution < -0.4 is 5.32 Å². The van der Waals surface area contributed by atoms with Gasteiger partial charge in [0.1, 0.15) is 5.69 Å². The fourth-order valence-corrected chi connectivity index (χ4v) is 2.77. The van der Waals surface area contributed by atoms with Gasteiger partial charge in [-0.2, -0.15) is 11.8 Å². The van der Waals surface area contributed by atoms with Crippen molar-refractivity contribution in [1.29, 1.82) is 0 Å². The molecule has 7 heteroatoms. The second-order valence-electron chi connectivity index (χ2n) is 3.23. The van der Waals surface area contributed by atoms with Crippen LogP contribution in [0, 0.1) is 0 Å². The van der Waals surface area contributed by atoms with E-state index in [9.17, 15) is 9.59 Å². The molecule has 0 atom stereocenters.